The van der Waals surface area contributed by atoms with E-state index in [1.807, 2.05) is 90.4 Å². The molecule has 1 heterocycles. The van der Waals surface area contributed by atoms with Crippen molar-refractivity contribution >= 4 is 114 Å². The Balaban J connectivity index is 2.48. The van der Waals surface area contributed by atoms with Crippen LogP contribution in [-0.4, -0.2) is 58.0 Å². The van der Waals surface area contributed by atoms with Gasteiger partial charge in [0.2, 0.25) is 0 Å². The van der Waals surface area contributed by atoms with E-state index >= 15 is 0 Å². The number of carbonyl (C=O) groups excluding carboxylic acids is 2. The lowest BCUT2D eigenvalue weighted by atomic mass is 10.1. The number of carbonyl (C=O) groups is 4. The monoisotopic (exact) mass is 824 g/mol. The van der Waals surface area contributed by atoms with E-state index in [1.165, 1.54) is 4.90 Å². The molecule has 146 valence electrons. The molecule has 0 aliphatic carbocycles. The zero-order valence-corrected chi connectivity index (χ0v) is 22.0. The number of hydrogen-bond acceptors (Lipinski definition) is 4. The van der Waals surface area contributed by atoms with Crippen molar-refractivity contribution in [3.63, 3.8) is 0 Å². The summed E-state index contributed by atoms with van der Waals surface area (Å²) in [5.41, 5.74) is 0.673. The van der Waals surface area contributed by atoms with Crippen molar-refractivity contribution in [3.05, 3.63) is 25.4 Å². The largest absolute Gasteiger partial charge is 0.480 e. The number of likely N-dealkylation sites (tertiary alicyclic amines) is 1. The van der Waals surface area contributed by atoms with Crippen molar-refractivity contribution in [2.45, 2.75) is 18.9 Å². The molecule has 12 heteroatoms. The summed E-state index contributed by atoms with van der Waals surface area (Å²) >= 11 is 7.83. The lowest BCUT2D eigenvalue weighted by Crippen LogP contribution is -2.41. The highest BCUT2D eigenvalue weighted by atomic mass is 127. The van der Waals surface area contributed by atoms with Crippen LogP contribution in [0.2, 0.25) is 0 Å². The molecule has 1 aromatic carbocycles. The second-order valence-electron chi connectivity index (χ2n) is 5.58. The minimum Gasteiger partial charge on any atom is -0.480 e. The molecule has 1 saturated heterocycles. The molecule has 2 rings (SSSR count). The maximum absolute atomic E-state index is 13.1. The van der Waals surface area contributed by atoms with Gasteiger partial charge in [-0.3, -0.25) is 14.4 Å². The molecule has 1 aliphatic heterocycles. The average molecular weight is 824 g/mol. The van der Waals surface area contributed by atoms with Crippen molar-refractivity contribution in [2.24, 2.45) is 0 Å². The third-order valence-electron chi connectivity index (χ3n) is 3.90. The van der Waals surface area contributed by atoms with Crippen LogP contribution in [0.4, 0.5) is 0 Å². The first-order chi connectivity index (χ1) is 12.6. The first kappa shape index (κ1) is 23.3. The molecule has 1 aromatic rings. The molecule has 0 unspecified atom stereocenters. The molecule has 0 radical (unpaired) electrons. The molecule has 1 aliphatic rings. The van der Waals surface area contributed by atoms with E-state index < -0.39 is 30.4 Å². The van der Waals surface area contributed by atoms with Gasteiger partial charge in [0.05, 0.1) is 11.1 Å². The Labute approximate surface area is 208 Å². The maximum Gasteiger partial charge on any atom is 0.326 e. The number of halogens is 4. The van der Waals surface area contributed by atoms with Crippen LogP contribution in [0.3, 0.4) is 0 Å². The standard InChI is InChI=1S/C15H12I4N2O6/c16-9-7(13(24)20-4-6(22)23)10(17)12(19)8(11(9)18)14(25)21-3-1-2-5(21)15(26)27/h5H,1-4H2,(H,20,24)(H,22,23)(H,26,27)/t5-/m0/s1. The van der Waals surface area contributed by atoms with Crippen LogP contribution in [0.5, 0.6) is 0 Å². The number of carboxylic acid groups (broad SMARTS) is 2. The van der Waals surface area contributed by atoms with Crippen LogP contribution in [0.15, 0.2) is 0 Å². The van der Waals surface area contributed by atoms with E-state index in [2.05, 4.69) is 5.32 Å². The Morgan fingerprint density at radius 1 is 0.963 bits per heavy atom. The molecule has 0 saturated carbocycles. The smallest absolute Gasteiger partial charge is 0.326 e. The highest BCUT2D eigenvalue weighted by molar-refractivity contribution is 14.1. The van der Waals surface area contributed by atoms with Crippen molar-refractivity contribution < 1.29 is 29.4 Å². The number of nitrogens with one attached hydrogen (secondary N) is 1. The Hall–Kier alpha value is 0.0200. The van der Waals surface area contributed by atoms with E-state index in [4.69, 9.17) is 5.11 Å². The number of rotatable bonds is 5. The van der Waals surface area contributed by atoms with Crippen LogP contribution in [0.1, 0.15) is 33.6 Å². The number of nitrogens with zero attached hydrogens (tertiary/aromatic N) is 1. The number of hydrogen-bond donors (Lipinski definition) is 3. The minimum atomic E-state index is -1.15. The van der Waals surface area contributed by atoms with Gasteiger partial charge in [-0.15, -0.1) is 0 Å². The van der Waals surface area contributed by atoms with Gasteiger partial charge >= 0.3 is 11.9 Å². The second-order valence-corrected chi connectivity index (χ2v) is 9.89. The highest BCUT2D eigenvalue weighted by Crippen LogP contribution is 2.35. The summed E-state index contributed by atoms with van der Waals surface area (Å²) < 4.78 is 2.13. The molecule has 2 amide bonds. The van der Waals surface area contributed by atoms with E-state index in [0.717, 1.165) is 0 Å². The fraction of sp³-hybridized carbons (Fsp3) is 0.333. The topological polar surface area (TPSA) is 124 Å². The average Bonchev–Trinajstić information content (AvgIpc) is 3.08. The van der Waals surface area contributed by atoms with E-state index in [-0.39, 0.29) is 5.91 Å². The third-order valence-corrected chi connectivity index (χ3v) is 10.3. The maximum atomic E-state index is 13.1. The van der Waals surface area contributed by atoms with E-state index in [9.17, 15) is 24.3 Å². The van der Waals surface area contributed by atoms with Crippen molar-refractivity contribution in [3.8, 4) is 0 Å². The lowest BCUT2D eigenvalue weighted by molar-refractivity contribution is -0.141. The molecular formula is C15H12I4N2O6. The number of carboxylic acids is 2. The van der Waals surface area contributed by atoms with Crippen LogP contribution in [0.25, 0.3) is 0 Å². The highest BCUT2D eigenvalue weighted by Gasteiger charge is 2.37. The number of benzene rings is 1. The van der Waals surface area contributed by atoms with E-state index in [1.54, 1.807) is 0 Å². The van der Waals surface area contributed by atoms with Gasteiger partial charge in [-0.25, -0.2) is 4.79 Å². The fourth-order valence-electron chi connectivity index (χ4n) is 2.67. The Morgan fingerprint density at radius 3 is 1.96 bits per heavy atom. The van der Waals surface area contributed by atoms with Crippen LogP contribution >= 0.6 is 90.4 Å². The number of aliphatic carboxylic acids is 2. The Morgan fingerprint density at radius 2 is 1.48 bits per heavy atom. The summed E-state index contributed by atoms with van der Waals surface area (Å²) in [6.45, 7) is -0.136. The van der Waals surface area contributed by atoms with Crippen molar-refractivity contribution in [1.82, 2.24) is 10.2 Å². The Bertz CT molecular complexity index is 815. The molecule has 3 N–H and O–H groups in total. The zero-order valence-electron chi connectivity index (χ0n) is 13.4. The van der Waals surface area contributed by atoms with E-state index in [0.29, 0.717) is 44.8 Å². The molecule has 0 spiro atoms. The summed E-state index contributed by atoms with van der Waals surface area (Å²) in [7, 11) is 0. The summed E-state index contributed by atoms with van der Waals surface area (Å²) in [5, 5.41) is 20.4. The molecule has 0 bridgehead atoms. The minimum absolute atomic E-state index is 0.305. The molecule has 8 nitrogen and oxygen atoms in total. The van der Waals surface area contributed by atoms with Gasteiger partial charge in [-0.05, 0) is 103 Å². The third kappa shape index (κ3) is 4.96. The quantitative estimate of drug-likeness (QED) is 0.310. The Kier molecular flexibility index (Phi) is 8.35. The summed E-state index contributed by atoms with van der Waals surface area (Å²) in [5.74, 6) is -3.09. The molecular weight excluding hydrogens is 812 g/mol. The summed E-state index contributed by atoms with van der Waals surface area (Å²) in [6.07, 6.45) is 1.04. The molecule has 1 atom stereocenters. The van der Waals surface area contributed by atoms with Gasteiger partial charge in [0.1, 0.15) is 12.6 Å². The van der Waals surface area contributed by atoms with Crippen LogP contribution in [-0.2, 0) is 9.59 Å². The molecule has 27 heavy (non-hydrogen) atoms. The first-order valence-electron chi connectivity index (χ1n) is 7.47. The van der Waals surface area contributed by atoms with Gasteiger partial charge in [0.15, 0.2) is 0 Å². The van der Waals surface area contributed by atoms with Crippen LogP contribution in [0, 0.1) is 14.3 Å². The van der Waals surface area contributed by atoms with Gasteiger partial charge in [-0.1, -0.05) is 0 Å². The SMILES string of the molecule is O=C(O)CNC(=O)c1c(I)c(I)c(C(=O)N2CCC[C@H]2C(=O)O)c(I)c1I. The normalized spacial score (nSPS) is 16.3. The van der Waals surface area contributed by atoms with Gasteiger partial charge in [0.25, 0.3) is 11.8 Å². The predicted octanol–water partition coefficient (Wildman–Crippen LogP) is 2.61. The molecule has 0 aromatic heterocycles. The van der Waals surface area contributed by atoms with Crippen molar-refractivity contribution in [1.29, 1.82) is 0 Å². The fourth-order valence-corrected chi connectivity index (χ4v) is 6.81. The van der Waals surface area contributed by atoms with Crippen molar-refractivity contribution in [2.75, 3.05) is 13.1 Å². The lowest BCUT2D eigenvalue weighted by Gasteiger charge is -2.24. The van der Waals surface area contributed by atoms with Crippen LogP contribution < -0.4 is 5.32 Å². The van der Waals surface area contributed by atoms with Gasteiger partial charge < -0.3 is 20.4 Å². The predicted molar refractivity (Wildman–Crippen MR) is 129 cm³/mol. The van der Waals surface area contributed by atoms with Gasteiger partial charge in [-0.2, -0.15) is 0 Å². The number of amides is 2. The molecule has 1 fully saturated rings. The van der Waals surface area contributed by atoms with Gasteiger partial charge in [0, 0.05) is 20.8 Å². The summed E-state index contributed by atoms with van der Waals surface area (Å²) in [4.78, 5) is 49.0. The first-order valence-corrected chi connectivity index (χ1v) is 11.8. The zero-order chi connectivity index (χ0) is 20.5. The summed E-state index contributed by atoms with van der Waals surface area (Å²) in [6, 6.07) is -0.849. The second kappa shape index (κ2) is 9.68.